The number of nitrogens with zero attached hydrogens (tertiary/aromatic N) is 2. The Hall–Kier alpha value is -2.10. The maximum Gasteiger partial charge on any atom is 0.237 e. The molecule has 0 amide bonds. The van der Waals surface area contributed by atoms with Crippen LogP contribution < -0.4 is 10.5 Å². The Labute approximate surface area is 100 Å². The van der Waals surface area contributed by atoms with E-state index in [4.69, 9.17) is 10.5 Å². The van der Waals surface area contributed by atoms with Gasteiger partial charge in [-0.1, -0.05) is 6.07 Å². The van der Waals surface area contributed by atoms with Crippen LogP contribution in [-0.4, -0.2) is 9.97 Å². The zero-order valence-electron chi connectivity index (χ0n) is 10.2. The molecule has 0 atom stereocenters. The van der Waals surface area contributed by atoms with Crippen molar-refractivity contribution >= 4 is 5.82 Å². The molecule has 0 spiro atoms. The third-order valence-corrected chi connectivity index (χ3v) is 2.63. The van der Waals surface area contributed by atoms with Crippen LogP contribution in [0.2, 0.25) is 0 Å². The van der Waals surface area contributed by atoms with Crippen molar-refractivity contribution in [2.24, 2.45) is 0 Å². The maximum absolute atomic E-state index is 5.70. The average molecular weight is 229 g/mol. The minimum atomic E-state index is 0.384. The molecule has 2 rings (SSSR count). The van der Waals surface area contributed by atoms with Gasteiger partial charge in [0.05, 0.1) is 12.4 Å². The molecule has 2 N–H and O–H groups in total. The summed E-state index contributed by atoms with van der Waals surface area (Å²) in [6, 6.07) is 4.11. The van der Waals surface area contributed by atoms with Gasteiger partial charge >= 0.3 is 0 Å². The van der Waals surface area contributed by atoms with Crippen molar-refractivity contribution in [1.82, 2.24) is 9.97 Å². The van der Waals surface area contributed by atoms with E-state index in [9.17, 15) is 0 Å². The number of benzene rings is 1. The predicted octanol–water partition coefficient (Wildman–Crippen LogP) is 2.78. The molecule has 0 saturated carbocycles. The van der Waals surface area contributed by atoms with Gasteiger partial charge in [-0.15, -0.1) is 0 Å². The van der Waals surface area contributed by atoms with E-state index in [0.717, 1.165) is 16.9 Å². The highest BCUT2D eigenvalue weighted by atomic mass is 16.5. The minimum absolute atomic E-state index is 0.384. The van der Waals surface area contributed by atoms with E-state index in [1.54, 1.807) is 0 Å². The number of hydrogen-bond acceptors (Lipinski definition) is 4. The first kappa shape index (κ1) is 11.4. The van der Waals surface area contributed by atoms with Crippen molar-refractivity contribution in [3.8, 4) is 11.6 Å². The molecule has 1 aromatic carbocycles. The lowest BCUT2D eigenvalue weighted by Crippen LogP contribution is -1.96. The summed E-state index contributed by atoms with van der Waals surface area (Å²) in [5.74, 6) is 1.64. The number of hydrogen-bond donors (Lipinski definition) is 1. The summed E-state index contributed by atoms with van der Waals surface area (Å²) in [7, 11) is 0. The highest BCUT2D eigenvalue weighted by Crippen LogP contribution is 2.27. The van der Waals surface area contributed by atoms with E-state index in [2.05, 4.69) is 23.0 Å². The summed E-state index contributed by atoms with van der Waals surface area (Å²) < 4.78 is 5.70. The number of aryl methyl sites for hydroxylation is 2. The molecule has 4 heteroatoms. The first-order valence-electron chi connectivity index (χ1n) is 5.39. The molecule has 0 radical (unpaired) electrons. The Morgan fingerprint density at radius 3 is 2.47 bits per heavy atom. The van der Waals surface area contributed by atoms with E-state index in [1.807, 2.05) is 19.9 Å². The lowest BCUT2D eigenvalue weighted by atomic mass is 10.1. The monoisotopic (exact) mass is 229 g/mol. The Balaban J connectivity index is 2.32. The molecule has 2 aromatic rings. The standard InChI is InChI=1S/C13H15N3O/c1-8-4-9(2)10(3)11(5-8)17-13-7-15-12(14)6-16-13/h4-7H,1-3H3,(H2,14,15). The molecule has 0 unspecified atom stereocenters. The summed E-state index contributed by atoms with van der Waals surface area (Å²) in [4.78, 5) is 8.00. The van der Waals surface area contributed by atoms with Crippen LogP contribution in [0, 0.1) is 20.8 Å². The zero-order valence-corrected chi connectivity index (χ0v) is 10.2. The molecule has 0 aliphatic heterocycles. The van der Waals surface area contributed by atoms with Crippen molar-refractivity contribution in [3.05, 3.63) is 41.2 Å². The number of nitrogens with two attached hydrogens (primary N) is 1. The van der Waals surface area contributed by atoms with Crippen LogP contribution in [0.25, 0.3) is 0 Å². The van der Waals surface area contributed by atoms with Crippen LogP contribution in [0.3, 0.4) is 0 Å². The molecule has 17 heavy (non-hydrogen) atoms. The third kappa shape index (κ3) is 2.53. The van der Waals surface area contributed by atoms with Crippen molar-refractivity contribution in [2.45, 2.75) is 20.8 Å². The Bertz CT molecular complexity index is 535. The van der Waals surface area contributed by atoms with Gasteiger partial charge < -0.3 is 10.5 Å². The number of nitrogen functional groups attached to an aromatic ring is 1. The first-order valence-corrected chi connectivity index (χ1v) is 5.39. The quantitative estimate of drug-likeness (QED) is 0.860. The summed E-state index contributed by atoms with van der Waals surface area (Å²) in [6.07, 6.45) is 3.00. The fourth-order valence-corrected chi connectivity index (χ4v) is 1.60. The van der Waals surface area contributed by atoms with Gasteiger partial charge in [-0.05, 0) is 43.5 Å². The lowest BCUT2D eigenvalue weighted by Gasteiger charge is -2.10. The Morgan fingerprint density at radius 2 is 1.82 bits per heavy atom. The molecule has 0 aliphatic rings. The number of ether oxygens (including phenoxy) is 1. The van der Waals surface area contributed by atoms with Gasteiger partial charge in [-0.25, -0.2) is 9.97 Å². The van der Waals surface area contributed by atoms with Gasteiger partial charge in [0.25, 0.3) is 0 Å². The van der Waals surface area contributed by atoms with Crippen LogP contribution in [-0.2, 0) is 0 Å². The summed E-state index contributed by atoms with van der Waals surface area (Å²) in [6.45, 7) is 6.12. The van der Waals surface area contributed by atoms with Crippen molar-refractivity contribution in [3.63, 3.8) is 0 Å². The second-order valence-electron chi connectivity index (χ2n) is 4.09. The molecule has 0 fully saturated rings. The van der Waals surface area contributed by atoms with E-state index in [-0.39, 0.29) is 0 Å². The van der Waals surface area contributed by atoms with Crippen LogP contribution in [0.5, 0.6) is 11.6 Å². The van der Waals surface area contributed by atoms with Gasteiger partial charge in [0, 0.05) is 0 Å². The molecule has 0 saturated heterocycles. The first-order chi connectivity index (χ1) is 8.06. The van der Waals surface area contributed by atoms with Crippen molar-refractivity contribution in [2.75, 3.05) is 5.73 Å². The summed E-state index contributed by atoms with van der Waals surface area (Å²) >= 11 is 0. The molecule has 88 valence electrons. The van der Waals surface area contributed by atoms with E-state index >= 15 is 0 Å². The minimum Gasteiger partial charge on any atom is -0.437 e. The molecule has 1 aromatic heterocycles. The number of aromatic nitrogens is 2. The summed E-state index contributed by atoms with van der Waals surface area (Å²) in [5, 5.41) is 0. The smallest absolute Gasteiger partial charge is 0.237 e. The van der Waals surface area contributed by atoms with E-state index in [1.165, 1.54) is 18.0 Å². The normalized spacial score (nSPS) is 10.3. The average Bonchev–Trinajstić information content (AvgIpc) is 2.28. The fourth-order valence-electron chi connectivity index (χ4n) is 1.60. The highest BCUT2D eigenvalue weighted by molar-refractivity contribution is 5.43. The maximum atomic E-state index is 5.70. The SMILES string of the molecule is Cc1cc(C)c(C)c(Oc2cnc(N)cn2)c1. The second-order valence-corrected chi connectivity index (χ2v) is 4.09. The topological polar surface area (TPSA) is 61.0 Å². The third-order valence-electron chi connectivity index (χ3n) is 2.63. The molecular weight excluding hydrogens is 214 g/mol. The molecular formula is C13H15N3O. The fraction of sp³-hybridized carbons (Fsp3) is 0.231. The van der Waals surface area contributed by atoms with Gasteiger partial charge in [0.15, 0.2) is 0 Å². The number of anilines is 1. The Kier molecular flexibility index (Phi) is 2.95. The van der Waals surface area contributed by atoms with Gasteiger partial charge in [0.2, 0.25) is 5.88 Å². The van der Waals surface area contributed by atoms with E-state index < -0.39 is 0 Å². The van der Waals surface area contributed by atoms with Crippen molar-refractivity contribution < 1.29 is 4.74 Å². The largest absolute Gasteiger partial charge is 0.437 e. The molecule has 4 nitrogen and oxygen atoms in total. The van der Waals surface area contributed by atoms with Crippen LogP contribution in [0.4, 0.5) is 5.82 Å². The van der Waals surface area contributed by atoms with Crippen molar-refractivity contribution in [1.29, 1.82) is 0 Å². The van der Waals surface area contributed by atoms with Crippen LogP contribution in [0.15, 0.2) is 24.5 Å². The highest BCUT2D eigenvalue weighted by Gasteiger charge is 2.06. The summed E-state index contributed by atoms with van der Waals surface area (Å²) in [5.41, 5.74) is 8.93. The zero-order chi connectivity index (χ0) is 12.4. The number of rotatable bonds is 2. The van der Waals surface area contributed by atoms with Gasteiger partial charge in [0.1, 0.15) is 11.6 Å². The van der Waals surface area contributed by atoms with Gasteiger partial charge in [-0.3, -0.25) is 0 Å². The van der Waals surface area contributed by atoms with Gasteiger partial charge in [-0.2, -0.15) is 0 Å². The molecule has 0 bridgehead atoms. The Morgan fingerprint density at radius 1 is 1.06 bits per heavy atom. The molecule has 0 aliphatic carbocycles. The molecule has 1 heterocycles. The predicted molar refractivity (Wildman–Crippen MR) is 67.2 cm³/mol. The lowest BCUT2D eigenvalue weighted by molar-refractivity contribution is 0.456. The van der Waals surface area contributed by atoms with Crippen LogP contribution >= 0.6 is 0 Å². The van der Waals surface area contributed by atoms with Crippen LogP contribution in [0.1, 0.15) is 16.7 Å². The van der Waals surface area contributed by atoms with E-state index in [0.29, 0.717) is 11.7 Å². The second kappa shape index (κ2) is 4.41.